The van der Waals surface area contributed by atoms with Crippen molar-refractivity contribution < 1.29 is 27.6 Å². The summed E-state index contributed by atoms with van der Waals surface area (Å²) in [7, 11) is 3.40. The molecule has 0 aliphatic carbocycles. The molecule has 26 heavy (non-hydrogen) atoms. The van der Waals surface area contributed by atoms with E-state index < -0.39 is 16.8 Å². The molecule has 2 rings (SSSR count). The van der Waals surface area contributed by atoms with Crippen molar-refractivity contribution in [1.82, 2.24) is 0 Å². The van der Waals surface area contributed by atoms with E-state index >= 15 is 0 Å². The van der Waals surface area contributed by atoms with E-state index in [1.807, 2.05) is 31.3 Å². The third kappa shape index (κ3) is 5.64. The normalized spacial score (nSPS) is 12.5. The summed E-state index contributed by atoms with van der Waals surface area (Å²) in [6.45, 7) is 0.667. The Morgan fingerprint density at radius 1 is 1.23 bits per heavy atom. The quantitative estimate of drug-likeness (QED) is 0.800. The second-order valence-electron chi connectivity index (χ2n) is 5.90. The first-order valence-corrected chi connectivity index (χ1v) is 8.17. The molecular weight excluding hydrogens is 369 g/mol. The van der Waals surface area contributed by atoms with Gasteiger partial charge in [-0.3, -0.25) is 4.79 Å². The van der Waals surface area contributed by atoms with E-state index in [9.17, 15) is 18.0 Å². The molecule has 0 radical (unpaired) electrons. The number of likely N-dealkylation sites (N-methyl/N-ethyl adjacent to an activating group) is 1. The fourth-order valence-electron chi connectivity index (χ4n) is 2.49. The third-order valence-electron chi connectivity index (χ3n) is 3.66. The summed E-state index contributed by atoms with van der Waals surface area (Å²) in [5, 5.41) is 2.07. The van der Waals surface area contributed by atoms with Crippen molar-refractivity contribution >= 4 is 23.2 Å². The maximum atomic E-state index is 12.9. The number of anilines is 1. The van der Waals surface area contributed by atoms with E-state index in [1.165, 1.54) is 6.07 Å². The average Bonchev–Trinajstić information content (AvgIpc) is 2.55. The Labute approximate surface area is 154 Å². The topological polar surface area (TPSA) is 42.8 Å². The van der Waals surface area contributed by atoms with Crippen molar-refractivity contribution in [3.63, 3.8) is 0 Å². The lowest BCUT2D eigenvalue weighted by atomic mass is 10.2. The molecule has 0 fully saturated rings. The number of ether oxygens (including phenoxy) is 1. The number of halogens is 4. The van der Waals surface area contributed by atoms with Crippen LogP contribution >= 0.6 is 11.6 Å². The highest BCUT2D eigenvalue weighted by molar-refractivity contribution is 6.31. The summed E-state index contributed by atoms with van der Waals surface area (Å²) in [6.07, 6.45) is -4.58. The van der Waals surface area contributed by atoms with Crippen molar-refractivity contribution in [1.29, 1.82) is 0 Å². The van der Waals surface area contributed by atoms with Gasteiger partial charge < -0.3 is 15.0 Å². The largest absolute Gasteiger partial charge is 0.497 e. The first-order valence-electron chi connectivity index (χ1n) is 7.80. The number of amides is 1. The van der Waals surface area contributed by atoms with Crippen LogP contribution in [0.4, 0.5) is 18.9 Å². The van der Waals surface area contributed by atoms with Gasteiger partial charge in [0.15, 0.2) is 6.54 Å². The van der Waals surface area contributed by atoms with E-state index in [4.69, 9.17) is 16.3 Å². The van der Waals surface area contributed by atoms with E-state index in [-0.39, 0.29) is 18.1 Å². The fourth-order valence-corrected chi connectivity index (χ4v) is 2.72. The minimum absolute atomic E-state index is 0.0564. The molecule has 0 saturated heterocycles. The summed E-state index contributed by atoms with van der Waals surface area (Å²) in [4.78, 5) is 13.0. The molecule has 4 nitrogen and oxygen atoms in total. The Bertz CT molecular complexity index is 781. The molecule has 140 valence electrons. The molecular formula is C18H19ClF3N2O2+. The predicted octanol–water partition coefficient (Wildman–Crippen LogP) is 3.02. The second-order valence-corrected chi connectivity index (χ2v) is 6.31. The van der Waals surface area contributed by atoms with Crippen LogP contribution < -0.4 is 15.0 Å². The fraction of sp³-hybridized carbons (Fsp3) is 0.278. The van der Waals surface area contributed by atoms with Crippen molar-refractivity contribution in [3.05, 3.63) is 58.6 Å². The number of hydrogen-bond acceptors (Lipinski definition) is 2. The van der Waals surface area contributed by atoms with E-state index in [0.717, 1.165) is 28.3 Å². The Morgan fingerprint density at radius 2 is 1.96 bits per heavy atom. The zero-order valence-corrected chi connectivity index (χ0v) is 15.0. The molecule has 0 aliphatic rings. The highest BCUT2D eigenvalue weighted by Gasteiger charge is 2.33. The van der Waals surface area contributed by atoms with Crippen molar-refractivity contribution in [2.24, 2.45) is 0 Å². The molecule has 2 N–H and O–H groups in total. The number of quaternary nitrogens is 1. The number of alkyl halides is 3. The van der Waals surface area contributed by atoms with Crippen LogP contribution in [0.15, 0.2) is 42.5 Å². The molecule has 2 aromatic rings. The van der Waals surface area contributed by atoms with Gasteiger partial charge in [-0.15, -0.1) is 0 Å². The number of carbonyl (C=O) groups excluding carboxylic acids is 1. The van der Waals surface area contributed by atoms with Gasteiger partial charge in [-0.05, 0) is 30.3 Å². The molecule has 0 aliphatic heterocycles. The van der Waals surface area contributed by atoms with Gasteiger partial charge in [0.2, 0.25) is 0 Å². The maximum Gasteiger partial charge on any atom is 0.417 e. The Kier molecular flexibility index (Phi) is 6.50. The highest BCUT2D eigenvalue weighted by Crippen LogP contribution is 2.36. The minimum Gasteiger partial charge on any atom is -0.497 e. The zero-order valence-electron chi connectivity index (χ0n) is 14.3. The van der Waals surface area contributed by atoms with Crippen LogP contribution in [0.25, 0.3) is 0 Å². The van der Waals surface area contributed by atoms with Gasteiger partial charge in [0, 0.05) is 11.3 Å². The Balaban J connectivity index is 1.97. The first-order chi connectivity index (χ1) is 12.2. The Hall–Kier alpha value is -2.25. The number of hydrogen-bond donors (Lipinski definition) is 2. The molecule has 1 amide bonds. The minimum atomic E-state index is -4.58. The number of nitrogens with one attached hydrogen (secondary N) is 2. The monoisotopic (exact) mass is 387 g/mol. The zero-order chi connectivity index (χ0) is 19.3. The van der Waals surface area contributed by atoms with Crippen LogP contribution in [0.2, 0.25) is 5.02 Å². The Morgan fingerprint density at radius 3 is 2.62 bits per heavy atom. The number of carbonyl (C=O) groups is 1. The summed E-state index contributed by atoms with van der Waals surface area (Å²) in [5.74, 6) is 0.335. The number of methoxy groups -OCH3 is 1. The van der Waals surface area contributed by atoms with Gasteiger partial charge in [0.1, 0.15) is 12.3 Å². The summed E-state index contributed by atoms with van der Waals surface area (Å²) in [5.41, 5.74) is 0.0652. The second kappa shape index (κ2) is 8.42. The third-order valence-corrected chi connectivity index (χ3v) is 3.99. The maximum absolute atomic E-state index is 12.9. The summed E-state index contributed by atoms with van der Waals surface area (Å²) < 4.78 is 43.8. The van der Waals surface area contributed by atoms with Crippen molar-refractivity contribution in [2.75, 3.05) is 26.0 Å². The van der Waals surface area contributed by atoms with Crippen LogP contribution in [-0.2, 0) is 17.5 Å². The molecule has 1 unspecified atom stereocenters. The average molecular weight is 388 g/mol. The van der Waals surface area contributed by atoms with E-state index in [1.54, 1.807) is 7.11 Å². The highest BCUT2D eigenvalue weighted by atomic mass is 35.5. The lowest BCUT2D eigenvalue weighted by Crippen LogP contribution is -3.08. The standard InChI is InChI=1S/C18H18ClF3N2O2/c1-24(10-12-4-3-5-14(8-12)26-2)11-17(25)23-13-6-7-16(19)15(9-13)18(20,21)22/h3-9H,10-11H2,1-2H3,(H,23,25)/p+1. The van der Waals surface area contributed by atoms with Crippen LogP contribution in [0, 0.1) is 0 Å². The lowest BCUT2D eigenvalue weighted by Gasteiger charge is -2.15. The van der Waals surface area contributed by atoms with Gasteiger partial charge in [-0.25, -0.2) is 0 Å². The summed E-state index contributed by atoms with van der Waals surface area (Å²) in [6, 6.07) is 10.8. The van der Waals surface area contributed by atoms with Gasteiger partial charge in [0.05, 0.1) is 24.7 Å². The van der Waals surface area contributed by atoms with E-state index in [2.05, 4.69) is 5.32 Å². The summed E-state index contributed by atoms with van der Waals surface area (Å²) >= 11 is 5.57. The predicted molar refractivity (Wildman–Crippen MR) is 93.5 cm³/mol. The molecule has 0 heterocycles. The smallest absolute Gasteiger partial charge is 0.417 e. The van der Waals surface area contributed by atoms with Gasteiger partial charge in [-0.1, -0.05) is 23.7 Å². The molecule has 1 atom stereocenters. The molecule has 8 heteroatoms. The number of benzene rings is 2. The van der Waals surface area contributed by atoms with Crippen LogP contribution in [-0.4, -0.2) is 26.6 Å². The molecule has 0 saturated carbocycles. The SMILES string of the molecule is COc1cccc(C[NH+](C)CC(=O)Nc2ccc(Cl)c(C(F)(F)F)c2)c1. The van der Waals surface area contributed by atoms with Gasteiger partial charge >= 0.3 is 6.18 Å². The van der Waals surface area contributed by atoms with Crippen molar-refractivity contribution in [2.45, 2.75) is 12.7 Å². The first kappa shape index (κ1) is 20.1. The number of rotatable bonds is 6. The van der Waals surface area contributed by atoms with Crippen LogP contribution in [0.3, 0.4) is 0 Å². The molecule has 0 bridgehead atoms. The molecule has 0 aromatic heterocycles. The van der Waals surface area contributed by atoms with Gasteiger partial charge in [0.25, 0.3) is 5.91 Å². The molecule has 2 aromatic carbocycles. The lowest BCUT2D eigenvalue weighted by molar-refractivity contribution is -0.885. The van der Waals surface area contributed by atoms with E-state index in [0.29, 0.717) is 6.54 Å². The van der Waals surface area contributed by atoms with Gasteiger partial charge in [-0.2, -0.15) is 13.2 Å². The van der Waals surface area contributed by atoms with Crippen LogP contribution in [0.5, 0.6) is 5.75 Å². The van der Waals surface area contributed by atoms with Crippen LogP contribution in [0.1, 0.15) is 11.1 Å². The molecule has 0 spiro atoms. The van der Waals surface area contributed by atoms with Crippen molar-refractivity contribution in [3.8, 4) is 5.75 Å².